The van der Waals surface area contributed by atoms with Gasteiger partial charge in [-0.3, -0.25) is 0 Å². The molecule has 0 fully saturated rings. The average Bonchev–Trinajstić information content (AvgIpc) is 2.36. The van der Waals surface area contributed by atoms with E-state index >= 15 is 0 Å². The number of hydrogen-bond acceptors (Lipinski definition) is 2. The Bertz CT molecular complexity index is 358. The number of aliphatic hydroxyl groups excluding tert-OH is 1. The lowest BCUT2D eigenvalue weighted by Gasteiger charge is -2.14. The first-order valence-electron chi connectivity index (χ1n) is 6.44. The molecule has 0 heterocycles. The molecule has 0 saturated carbocycles. The maximum absolute atomic E-state index is 8.67. The number of nitrogens with one attached hydrogen (secondary N) is 1. The van der Waals surface area contributed by atoms with E-state index in [1.54, 1.807) is 0 Å². The van der Waals surface area contributed by atoms with Crippen LogP contribution in [0.5, 0.6) is 0 Å². The Balaban J connectivity index is 2.27. The number of unbranched alkanes of at least 4 members (excludes halogenated alkanes) is 3. The second-order valence-electron chi connectivity index (χ2n) is 4.49. The average molecular weight is 290 g/mol. The zero-order chi connectivity index (χ0) is 13.4. The molecule has 0 saturated heterocycles. The number of halogens is 2. The van der Waals surface area contributed by atoms with Crippen LogP contribution in [0.2, 0.25) is 10.0 Å². The fourth-order valence-electron chi connectivity index (χ4n) is 1.81. The van der Waals surface area contributed by atoms with Gasteiger partial charge >= 0.3 is 0 Å². The van der Waals surface area contributed by atoms with E-state index in [1.165, 1.54) is 0 Å². The summed E-state index contributed by atoms with van der Waals surface area (Å²) in [6.45, 7) is 3.40. The van der Waals surface area contributed by atoms with E-state index in [1.807, 2.05) is 18.2 Å². The smallest absolute Gasteiger partial charge is 0.0595 e. The van der Waals surface area contributed by atoms with Crippen molar-refractivity contribution >= 4 is 23.2 Å². The van der Waals surface area contributed by atoms with Crippen molar-refractivity contribution in [1.82, 2.24) is 5.32 Å². The molecule has 0 aliphatic heterocycles. The minimum Gasteiger partial charge on any atom is -0.396 e. The molecule has 18 heavy (non-hydrogen) atoms. The number of benzene rings is 1. The number of aliphatic hydroxyl groups is 1. The molecule has 102 valence electrons. The Kier molecular flexibility index (Phi) is 7.68. The van der Waals surface area contributed by atoms with Gasteiger partial charge in [0.15, 0.2) is 0 Å². The summed E-state index contributed by atoms with van der Waals surface area (Å²) >= 11 is 11.9. The van der Waals surface area contributed by atoms with Crippen molar-refractivity contribution < 1.29 is 5.11 Å². The molecule has 0 radical (unpaired) electrons. The summed E-state index contributed by atoms with van der Waals surface area (Å²) in [4.78, 5) is 0. The lowest BCUT2D eigenvalue weighted by atomic mass is 10.1. The summed E-state index contributed by atoms with van der Waals surface area (Å²) in [5.74, 6) is 0. The van der Waals surface area contributed by atoms with Crippen LogP contribution in [-0.2, 0) is 0 Å². The molecule has 1 unspecified atom stereocenters. The highest BCUT2D eigenvalue weighted by atomic mass is 35.5. The minimum atomic E-state index is 0.276. The monoisotopic (exact) mass is 289 g/mol. The summed E-state index contributed by atoms with van der Waals surface area (Å²) in [6.07, 6.45) is 4.29. The van der Waals surface area contributed by atoms with Gasteiger partial charge in [-0.2, -0.15) is 0 Å². The van der Waals surface area contributed by atoms with E-state index in [2.05, 4.69) is 12.2 Å². The van der Waals surface area contributed by atoms with Crippen molar-refractivity contribution in [3.63, 3.8) is 0 Å². The Morgan fingerprint density at radius 1 is 1.11 bits per heavy atom. The second-order valence-corrected chi connectivity index (χ2v) is 5.30. The SMILES string of the molecule is CC(NCCCCCCO)c1ccc(Cl)c(Cl)c1. The van der Waals surface area contributed by atoms with Gasteiger partial charge in [-0.1, -0.05) is 42.1 Å². The van der Waals surface area contributed by atoms with Gasteiger partial charge in [0, 0.05) is 12.6 Å². The molecule has 1 rings (SSSR count). The second kappa shape index (κ2) is 8.76. The van der Waals surface area contributed by atoms with Crippen molar-refractivity contribution in [2.24, 2.45) is 0 Å². The Morgan fingerprint density at radius 3 is 2.50 bits per heavy atom. The van der Waals surface area contributed by atoms with Gasteiger partial charge in [0.2, 0.25) is 0 Å². The molecule has 4 heteroatoms. The first kappa shape index (κ1) is 15.8. The maximum Gasteiger partial charge on any atom is 0.0595 e. The van der Waals surface area contributed by atoms with E-state index in [9.17, 15) is 0 Å². The van der Waals surface area contributed by atoms with E-state index < -0.39 is 0 Å². The summed E-state index contributed by atoms with van der Waals surface area (Å²) in [6, 6.07) is 6.02. The molecule has 0 aromatic heterocycles. The highest BCUT2D eigenvalue weighted by molar-refractivity contribution is 6.42. The van der Waals surface area contributed by atoms with Gasteiger partial charge in [0.05, 0.1) is 10.0 Å². The minimum absolute atomic E-state index is 0.276. The van der Waals surface area contributed by atoms with Crippen LogP contribution in [0.15, 0.2) is 18.2 Å². The zero-order valence-corrected chi connectivity index (χ0v) is 12.3. The zero-order valence-electron chi connectivity index (χ0n) is 10.8. The van der Waals surface area contributed by atoms with Gasteiger partial charge in [-0.25, -0.2) is 0 Å². The van der Waals surface area contributed by atoms with E-state index in [-0.39, 0.29) is 6.04 Å². The summed E-state index contributed by atoms with van der Waals surface area (Å²) in [5, 5.41) is 13.3. The van der Waals surface area contributed by atoms with Crippen molar-refractivity contribution in [3.8, 4) is 0 Å². The van der Waals surface area contributed by atoms with Gasteiger partial charge < -0.3 is 10.4 Å². The highest BCUT2D eigenvalue weighted by Gasteiger charge is 2.06. The topological polar surface area (TPSA) is 32.3 Å². The largest absolute Gasteiger partial charge is 0.396 e. The Hall–Kier alpha value is -0.280. The Labute approximate surface area is 119 Å². The van der Waals surface area contributed by atoms with E-state index in [0.29, 0.717) is 16.7 Å². The molecule has 0 spiro atoms. The van der Waals surface area contributed by atoms with Gasteiger partial charge in [-0.05, 0) is 44.0 Å². The van der Waals surface area contributed by atoms with Crippen LogP contribution in [0.3, 0.4) is 0 Å². The fraction of sp³-hybridized carbons (Fsp3) is 0.571. The molecule has 0 amide bonds. The lowest BCUT2D eigenvalue weighted by molar-refractivity contribution is 0.282. The maximum atomic E-state index is 8.67. The van der Waals surface area contributed by atoms with Crippen LogP contribution < -0.4 is 5.32 Å². The van der Waals surface area contributed by atoms with Crippen molar-refractivity contribution in [3.05, 3.63) is 33.8 Å². The third-order valence-corrected chi connectivity index (χ3v) is 3.72. The van der Waals surface area contributed by atoms with Crippen LogP contribution in [0, 0.1) is 0 Å². The third kappa shape index (κ3) is 5.57. The molecule has 0 bridgehead atoms. The standard InChI is InChI=1S/C14H21Cl2NO/c1-11(17-8-4-2-3-5-9-18)12-6-7-13(15)14(16)10-12/h6-7,10-11,17-18H,2-5,8-9H2,1H3. The Morgan fingerprint density at radius 2 is 1.83 bits per heavy atom. The third-order valence-electron chi connectivity index (χ3n) is 2.98. The van der Waals surface area contributed by atoms with Crippen molar-refractivity contribution in [2.75, 3.05) is 13.2 Å². The summed E-state index contributed by atoms with van der Waals surface area (Å²) < 4.78 is 0. The predicted octanol–water partition coefficient (Wildman–Crippen LogP) is 4.20. The first-order valence-corrected chi connectivity index (χ1v) is 7.20. The van der Waals surface area contributed by atoms with Crippen molar-refractivity contribution in [1.29, 1.82) is 0 Å². The van der Waals surface area contributed by atoms with Gasteiger partial charge in [-0.15, -0.1) is 0 Å². The molecule has 1 aromatic rings. The quantitative estimate of drug-likeness (QED) is 0.703. The van der Waals surface area contributed by atoms with Crippen LogP contribution in [0.25, 0.3) is 0 Å². The number of hydrogen-bond donors (Lipinski definition) is 2. The predicted molar refractivity (Wildman–Crippen MR) is 78.4 cm³/mol. The van der Waals surface area contributed by atoms with Crippen molar-refractivity contribution in [2.45, 2.75) is 38.6 Å². The van der Waals surface area contributed by atoms with Crippen LogP contribution >= 0.6 is 23.2 Å². The van der Waals surface area contributed by atoms with Crippen LogP contribution in [0.4, 0.5) is 0 Å². The molecule has 2 N–H and O–H groups in total. The summed E-state index contributed by atoms with van der Waals surface area (Å²) in [5.41, 5.74) is 1.15. The molecular weight excluding hydrogens is 269 g/mol. The summed E-state index contributed by atoms with van der Waals surface area (Å²) in [7, 11) is 0. The molecule has 0 aliphatic carbocycles. The lowest BCUT2D eigenvalue weighted by Crippen LogP contribution is -2.19. The fourth-order valence-corrected chi connectivity index (χ4v) is 2.12. The van der Waals surface area contributed by atoms with Gasteiger partial charge in [0.1, 0.15) is 0 Å². The first-order chi connectivity index (χ1) is 8.65. The molecule has 2 nitrogen and oxygen atoms in total. The van der Waals surface area contributed by atoms with E-state index in [4.69, 9.17) is 28.3 Å². The van der Waals surface area contributed by atoms with Crippen LogP contribution in [0.1, 0.15) is 44.2 Å². The molecule has 1 aromatic carbocycles. The molecular formula is C14H21Cl2NO. The number of rotatable bonds is 8. The molecule has 1 atom stereocenters. The molecule has 0 aliphatic rings. The van der Waals surface area contributed by atoms with Crippen LogP contribution in [-0.4, -0.2) is 18.3 Å². The van der Waals surface area contributed by atoms with E-state index in [0.717, 1.165) is 37.8 Å². The van der Waals surface area contributed by atoms with Gasteiger partial charge in [0.25, 0.3) is 0 Å². The highest BCUT2D eigenvalue weighted by Crippen LogP contribution is 2.25. The normalized spacial score (nSPS) is 12.7.